The van der Waals surface area contributed by atoms with Gasteiger partial charge in [0.1, 0.15) is 18.2 Å². The number of ether oxygens (including phenoxy) is 1. The average molecular weight is 630 g/mol. The van der Waals surface area contributed by atoms with Crippen LogP contribution in [0.1, 0.15) is 31.4 Å². The lowest BCUT2D eigenvalue weighted by molar-refractivity contribution is 0.181. The number of nitrogens with one attached hydrogen (secondary N) is 1. The second-order valence-corrected chi connectivity index (χ2v) is 13.0. The number of piperazine rings is 1. The minimum atomic E-state index is -0.0626. The van der Waals surface area contributed by atoms with Crippen molar-refractivity contribution in [1.82, 2.24) is 30.1 Å². The molecule has 2 N–H and O–H groups in total. The molecule has 2 bridgehead atoms. The Labute approximate surface area is 274 Å². The summed E-state index contributed by atoms with van der Waals surface area (Å²) in [7, 11) is 2.14. The second-order valence-electron chi connectivity index (χ2n) is 13.0. The molecule has 3 atom stereocenters. The third kappa shape index (κ3) is 5.78. The van der Waals surface area contributed by atoms with Gasteiger partial charge in [0.25, 0.3) is 0 Å². The first-order chi connectivity index (χ1) is 23.0. The number of urea groups is 1. The largest absolute Gasteiger partial charge is 0.508 e. The van der Waals surface area contributed by atoms with E-state index in [4.69, 9.17) is 14.7 Å². The quantitative estimate of drug-likeness (QED) is 0.240. The van der Waals surface area contributed by atoms with Crippen LogP contribution in [0.5, 0.6) is 11.8 Å². The SMILES string of the molecule is CN1CCC[C@H]1COc1nc(N2[C@@H]3CC[C@H]2CN(C(=O)NCc2ccccn2)C3)c2ccc(-c3cc(O)cc4ccccc34)cc2n1. The van der Waals surface area contributed by atoms with Crippen molar-refractivity contribution in [3.8, 4) is 22.9 Å². The van der Waals surface area contributed by atoms with Crippen LogP contribution in [-0.2, 0) is 6.54 Å². The van der Waals surface area contributed by atoms with Gasteiger partial charge in [0.2, 0.25) is 0 Å². The van der Waals surface area contributed by atoms with Gasteiger partial charge >= 0.3 is 12.0 Å². The Bertz CT molecular complexity index is 1920. The molecule has 0 saturated carbocycles. The standard InChI is InChI=1S/C37H39N7O3/c1-42-16-6-9-29(42)23-47-36-40-34-18-25(33-19-30(45)17-24-7-2-3-10-31(24)33)11-14-32(34)35(41-36)44-27-12-13-28(44)22-43(21-27)37(46)39-20-26-8-4-5-15-38-26/h2-5,7-8,10-11,14-15,17-19,27-29,45H,6,9,12-13,16,20-23H2,1H3,(H,39,46)/t27-,28+,29-/m0/s1. The zero-order valence-corrected chi connectivity index (χ0v) is 26.5. The molecule has 3 aliphatic rings. The van der Waals surface area contributed by atoms with Crippen LogP contribution in [0, 0.1) is 0 Å². The van der Waals surface area contributed by atoms with E-state index in [-0.39, 0.29) is 23.9 Å². The van der Waals surface area contributed by atoms with Crippen molar-refractivity contribution in [2.24, 2.45) is 0 Å². The van der Waals surface area contributed by atoms with Gasteiger partial charge in [-0.25, -0.2) is 4.79 Å². The molecular formula is C37H39N7O3. The number of likely N-dealkylation sites (N-methyl/N-ethyl adjacent to an activating group) is 1. The lowest BCUT2D eigenvalue weighted by Gasteiger charge is -2.42. The van der Waals surface area contributed by atoms with Crippen molar-refractivity contribution >= 4 is 33.5 Å². The molecule has 3 aromatic carbocycles. The van der Waals surface area contributed by atoms with E-state index in [0.29, 0.717) is 38.3 Å². The second kappa shape index (κ2) is 12.3. The minimum Gasteiger partial charge on any atom is -0.508 e. The Hall–Kier alpha value is -4.96. The maximum Gasteiger partial charge on any atom is 0.319 e. The van der Waals surface area contributed by atoms with Gasteiger partial charge < -0.3 is 29.9 Å². The van der Waals surface area contributed by atoms with Gasteiger partial charge in [-0.1, -0.05) is 36.4 Å². The van der Waals surface area contributed by atoms with E-state index in [9.17, 15) is 9.90 Å². The molecule has 3 aliphatic heterocycles. The Kier molecular flexibility index (Phi) is 7.73. The minimum absolute atomic E-state index is 0.0626. The van der Waals surface area contributed by atoms with Crippen molar-refractivity contribution in [2.45, 2.75) is 50.4 Å². The molecule has 240 valence electrons. The fourth-order valence-electron chi connectivity index (χ4n) is 7.61. The number of carbonyl (C=O) groups is 1. The first-order valence-electron chi connectivity index (χ1n) is 16.6. The molecule has 0 radical (unpaired) electrons. The molecule has 0 unspecified atom stereocenters. The first kappa shape index (κ1) is 29.4. The molecule has 5 aromatic rings. The summed E-state index contributed by atoms with van der Waals surface area (Å²) in [6.07, 6.45) is 5.97. The molecule has 2 aromatic heterocycles. The Morgan fingerprint density at radius 1 is 0.957 bits per heavy atom. The molecule has 3 fully saturated rings. The summed E-state index contributed by atoms with van der Waals surface area (Å²) >= 11 is 0. The van der Waals surface area contributed by atoms with Gasteiger partial charge in [0.15, 0.2) is 0 Å². The van der Waals surface area contributed by atoms with Crippen molar-refractivity contribution < 1.29 is 14.6 Å². The number of pyridine rings is 1. The van der Waals surface area contributed by atoms with E-state index >= 15 is 0 Å². The number of phenolic OH excluding ortho intramolecular Hbond substituents is 1. The zero-order valence-electron chi connectivity index (χ0n) is 26.5. The van der Waals surface area contributed by atoms with Gasteiger partial charge in [-0.05, 0) is 97.6 Å². The van der Waals surface area contributed by atoms with Gasteiger partial charge in [0.05, 0.1) is 17.8 Å². The highest BCUT2D eigenvalue weighted by molar-refractivity contribution is 6.01. The fourth-order valence-corrected chi connectivity index (χ4v) is 7.61. The van der Waals surface area contributed by atoms with Crippen LogP contribution < -0.4 is 15.0 Å². The number of benzene rings is 3. The van der Waals surface area contributed by atoms with Crippen molar-refractivity contribution in [1.29, 1.82) is 0 Å². The molecule has 3 saturated heterocycles. The number of anilines is 1. The molecule has 2 amide bonds. The maximum absolute atomic E-state index is 13.2. The number of aromatic nitrogens is 3. The van der Waals surface area contributed by atoms with Gasteiger partial charge in [-0.15, -0.1) is 0 Å². The smallest absolute Gasteiger partial charge is 0.319 e. The van der Waals surface area contributed by atoms with E-state index in [0.717, 1.165) is 70.1 Å². The van der Waals surface area contributed by atoms with Crippen LogP contribution in [0.4, 0.5) is 10.6 Å². The summed E-state index contributed by atoms with van der Waals surface area (Å²) in [6.45, 7) is 3.25. The predicted molar refractivity (Wildman–Crippen MR) is 183 cm³/mol. The Morgan fingerprint density at radius 2 is 1.79 bits per heavy atom. The van der Waals surface area contributed by atoms with Crippen LogP contribution in [0.25, 0.3) is 32.8 Å². The topological polar surface area (TPSA) is 107 Å². The van der Waals surface area contributed by atoms with Crippen LogP contribution >= 0.6 is 0 Å². The average Bonchev–Trinajstić information content (AvgIpc) is 3.63. The van der Waals surface area contributed by atoms with E-state index < -0.39 is 0 Å². The van der Waals surface area contributed by atoms with Crippen LogP contribution in [0.3, 0.4) is 0 Å². The number of likely N-dealkylation sites (tertiary alicyclic amines) is 2. The zero-order chi connectivity index (χ0) is 31.9. The number of carbonyl (C=O) groups excluding carboxylic acids is 1. The summed E-state index contributed by atoms with van der Waals surface area (Å²) in [4.78, 5) is 34.3. The lowest BCUT2D eigenvalue weighted by atomic mass is 9.97. The summed E-state index contributed by atoms with van der Waals surface area (Å²) in [5.41, 5.74) is 3.55. The molecule has 10 nitrogen and oxygen atoms in total. The highest BCUT2D eigenvalue weighted by atomic mass is 16.5. The van der Waals surface area contributed by atoms with Crippen LogP contribution in [0.2, 0.25) is 0 Å². The van der Waals surface area contributed by atoms with E-state index in [1.54, 1.807) is 12.3 Å². The Balaban J connectivity index is 1.12. The molecule has 0 aliphatic carbocycles. The number of nitrogens with zero attached hydrogens (tertiary/aromatic N) is 6. The van der Waals surface area contributed by atoms with Crippen molar-refractivity contribution in [3.05, 3.63) is 84.7 Å². The molecule has 8 rings (SSSR count). The molecular weight excluding hydrogens is 590 g/mol. The Morgan fingerprint density at radius 3 is 2.57 bits per heavy atom. The molecule has 47 heavy (non-hydrogen) atoms. The number of phenols is 1. The number of hydrogen-bond donors (Lipinski definition) is 2. The third-order valence-electron chi connectivity index (χ3n) is 10.1. The van der Waals surface area contributed by atoms with E-state index in [2.05, 4.69) is 51.4 Å². The monoisotopic (exact) mass is 629 g/mol. The number of fused-ring (bicyclic) bond motifs is 4. The fraction of sp³-hybridized carbons (Fsp3) is 0.351. The van der Waals surface area contributed by atoms with Crippen LogP contribution in [0.15, 0.2) is 79.0 Å². The predicted octanol–water partition coefficient (Wildman–Crippen LogP) is 5.59. The lowest BCUT2D eigenvalue weighted by Crippen LogP contribution is -2.57. The number of hydrogen-bond acceptors (Lipinski definition) is 8. The summed E-state index contributed by atoms with van der Waals surface area (Å²) in [5, 5.41) is 16.6. The molecule has 5 heterocycles. The highest BCUT2D eigenvalue weighted by Crippen LogP contribution is 2.40. The first-order valence-corrected chi connectivity index (χ1v) is 16.6. The summed E-state index contributed by atoms with van der Waals surface area (Å²) in [5.74, 6) is 1.09. The van der Waals surface area contributed by atoms with E-state index in [1.165, 1.54) is 6.42 Å². The highest BCUT2D eigenvalue weighted by Gasteiger charge is 2.43. The van der Waals surface area contributed by atoms with Gasteiger partial charge in [-0.3, -0.25) is 4.98 Å². The number of aromatic hydroxyl groups is 1. The van der Waals surface area contributed by atoms with E-state index in [1.807, 2.05) is 47.4 Å². The summed E-state index contributed by atoms with van der Waals surface area (Å²) < 4.78 is 6.35. The van der Waals surface area contributed by atoms with Crippen molar-refractivity contribution in [3.63, 3.8) is 0 Å². The van der Waals surface area contributed by atoms with Crippen molar-refractivity contribution in [2.75, 3.05) is 38.2 Å². The van der Waals surface area contributed by atoms with Crippen LogP contribution in [-0.4, -0.2) is 87.3 Å². The molecule has 10 heteroatoms. The molecule has 0 spiro atoms. The normalized spacial score (nSPS) is 21.1. The van der Waals surface area contributed by atoms with Gasteiger partial charge in [0, 0.05) is 42.8 Å². The number of rotatable bonds is 7. The third-order valence-corrected chi connectivity index (χ3v) is 10.1. The maximum atomic E-state index is 13.2. The summed E-state index contributed by atoms with van der Waals surface area (Å²) in [6, 6.07) is 24.6. The number of amides is 2. The van der Waals surface area contributed by atoms with Gasteiger partial charge in [-0.2, -0.15) is 9.97 Å².